The molecule has 1 atom stereocenters. The second-order valence-corrected chi connectivity index (χ2v) is 5.67. The Bertz CT molecular complexity index is 477. The van der Waals surface area contributed by atoms with Gasteiger partial charge in [-0.15, -0.1) is 0 Å². The van der Waals surface area contributed by atoms with Crippen LogP contribution in [0.25, 0.3) is 0 Å². The van der Waals surface area contributed by atoms with Crippen LogP contribution in [-0.2, 0) is 11.2 Å². The van der Waals surface area contributed by atoms with Crippen LogP contribution in [0.2, 0.25) is 0 Å². The Morgan fingerprint density at radius 1 is 1.37 bits per heavy atom. The van der Waals surface area contributed by atoms with Crippen LogP contribution >= 0.6 is 0 Å². The third-order valence-corrected chi connectivity index (χ3v) is 4.39. The molecule has 2 aliphatic rings. The summed E-state index contributed by atoms with van der Waals surface area (Å²) in [5.74, 6) is 0.0182. The fraction of sp³-hybridized carbons (Fsp3) is 0.533. The number of aryl methyl sites for hydroxylation is 1. The Balaban J connectivity index is 1.74. The van der Waals surface area contributed by atoms with Crippen molar-refractivity contribution in [2.75, 3.05) is 11.9 Å². The van der Waals surface area contributed by atoms with Crippen LogP contribution < -0.4 is 10.6 Å². The molecule has 1 unspecified atom stereocenters. The minimum absolute atomic E-state index is 0.0182. The maximum atomic E-state index is 12.3. The molecule has 1 aromatic carbocycles. The van der Waals surface area contributed by atoms with Crippen molar-refractivity contribution in [2.45, 2.75) is 43.7 Å². The monoisotopic (exact) mass is 260 g/mol. The van der Waals surface area contributed by atoms with Gasteiger partial charge in [0.2, 0.25) is 5.91 Å². The number of rotatable bonds is 3. The summed E-state index contributed by atoms with van der Waals surface area (Å²) in [7, 11) is 0. The molecule has 4 heteroatoms. The number of hydrogen-bond acceptors (Lipinski definition) is 3. The van der Waals surface area contributed by atoms with Crippen molar-refractivity contribution in [2.24, 2.45) is 0 Å². The number of fused-ring (bicyclic) bond motifs is 1. The van der Waals surface area contributed by atoms with Gasteiger partial charge in [0.05, 0.1) is 12.6 Å². The van der Waals surface area contributed by atoms with Gasteiger partial charge in [0.25, 0.3) is 0 Å². The number of carbonyl (C=O) groups excluding carboxylic acids is 1. The van der Waals surface area contributed by atoms with Gasteiger partial charge in [-0.1, -0.05) is 18.2 Å². The number of amides is 1. The smallest absolute Gasteiger partial charge is 0.241 e. The number of benzene rings is 1. The van der Waals surface area contributed by atoms with E-state index in [0.29, 0.717) is 0 Å². The molecule has 1 aliphatic carbocycles. The third-order valence-electron chi connectivity index (χ3n) is 4.39. The summed E-state index contributed by atoms with van der Waals surface area (Å²) in [5.41, 5.74) is 1.88. The second kappa shape index (κ2) is 4.94. The molecule has 3 rings (SSSR count). The molecule has 3 N–H and O–H groups in total. The fourth-order valence-electron chi connectivity index (χ4n) is 2.97. The maximum Gasteiger partial charge on any atom is 0.241 e. The van der Waals surface area contributed by atoms with Gasteiger partial charge in [0.15, 0.2) is 0 Å². The average Bonchev–Trinajstić information content (AvgIpc) is 2.53. The average molecular weight is 260 g/mol. The van der Waals surface area contributed by atoms with Gasteiger partial charge in [0, 0.05) is 11.2 Å². The number of carbonyl (C=O) groups is 1. The van der Waals surface area contributed by atoms with E-state index in [4.69, 9.17) is 0 Å². The van der Waals surface area contributed by atoms with E-state index in [1.165, 1.54) is 5.56 Å². The summed E-state index contributed by atoms with van der Waals surface area (Å²) in [6.45, 7) is 0.115. The van der Waals surface area contributed by atoms with Crippen LogP contribution in [0.15, 0.2) is 24.3 Å². The molecule has 4 nitrogen and oxygen atoms in total. The lowest BCUT2D eigenvalue weighted by molar-refractivity contribution is -0.119. The Hall–Kier alpha value is -1.39. The predicted octanol–water partition coefficient (Wildman–Crippen LogP) is 1.44. The van der Waals surface area contributed by atoms with Crippen LogP contribution in [0, 0.1) is 0 Å². The minimum Gasteiger partial charge on any atom is -0.394 e. The molecule has 102 valence electrons. The lowest BCUT2D eigenvalue weighted by Gasteiger charge is -2.43. The fourth-order valence-corrected chi connectivity index (χ4v) is 2.97. The zero-order chi connectivity index (χ0) is 13.3. The van der Waals surface area contributed by atoms with Crippen LogP contribution in [0.5, 0.6) is 0 Å². The van der Waals surface area contributed by atoms with Gasteiger partial charge in [-0.05, 0) is 43.7 Å². The summed E-state index contributed by atoms with van der Waals surface area (Å²) in [6.07, 6.45) is 4.71. The van der Waals surface area contributed by atoms with E-state index in [1.807, 2.05) is 18.2 Å². The Labute approximate surface area is 113 Å². The highest BCUT2D eigenvalue weighted by Crippen LogP contribution is 2.33. The van der Waals surface area contributed by atoms with E-state index in [-0.39, 0.29) is 24.1 Å². The van der Waals surface area contributed by atoms with E-state index in [0.717, 1.165) is 37.8 Å². The predicted molar refractivity (Wildman–Crippen MR) is 74.0 cm³/mol. The van der Waals surface area contributed by atoms with E-state index in [1.54, 1.807) is 0 Å². The highest BCUT2D eigenvalue weighted by atomic mass is 16.3. The molecule has 1 aliphatic heterocycles. The molecule has 1 amide bonds. The van der Waals surface area contributed by atoms with Crippen molar-refractivity contribution in [3.05, 3.63) is 29.8 Å². The summed E-state index contributed by atoms with van der Waals surface area (Å²) in [5, 5.41) is 15.9. The molecule has 0 bridgehead atoms. The zero-order valence-electron chi connectivity index (χ0n) is 11.0. The first-order valence-corrected chi connectivity index (χ1v) is 7.00. The van der Waals surface area contributed by atoms with Crippen LogP contribution in [-0.4, -0.2) is 29.2 Å². The van der Waals surface area contributed by atoms with Crippen molar-refractivity contribution < 1.29 is 9.90 Å². The number of hydrogen-bond donors (Lipinski definition) is 3. The van der Waals surface area contributed by atoms with E-state index < -0.39 is 0 Å². The van der Waals surface area contributed by atoms with E-state index in [9.17, 15) is 9.90 Å². The van der Waals surface area contributed by atoms with E-state index >= 15 is 0 Å². The molecular formula is C15H20N2O2. The minimum atomic E-state index is -0.224. The summed E-state index contributed by atoms with van der Waals surface area (Å²) in [6, 6.07) is 7.73. The molecule has 1 heterocycles. The molecule has 1 aromatic rings. The van der Waals surface area contributed by atoms with Gasteiger partial charge in [0.1, 0.15) is 0 Å². The zero-order valence-corrected chi connectivity index (χ0v) is 11.0. The highest BCUT2D eigenvalue weighted by Gasteiger charge is 2.39. The number of nitrogens with one attached hydrogen (secondary N) is 2. The maximum absolute atomic E-state index is 12.3. The summed E-state index contributed by atoms with van der Waals surface area (Å²) < 4.78 is 0. The molecule has 0 spiro atoms. The van der Waals surface area contributed by atoms with Gasteiger partial charge in [-0.25, -0.2) is 0 Å². The first-order chi connectivity index (χ1) is 9.22. The Morgan fingerprint density at radius 3 is 2.84 bits per heavy atom. The van der Waals surface area contributed by atoms with Crippen molar-refractivity contribution in [1.29, 1.82) is 0 Å². The number of anilines is 1. The van der Waals surface area contributed by atoms with Crippen molar-refractivity contribution in [1.82, 2.24) is 5.32 Å². The quantitative estimate of drug-likeness (QED) is 0.771. The summed E-state index contributed by atoms with van der Waals surface area (Å²) >= 11 is 0. The normalized spacial score (nSPS) is 24.9. The van der Waals surface area contributed by atoms with E-state index in [2.05, 4.69) is 16.7 Å². The molecule has 1 fully saturated rings. The Morgan fingerprint density at radius 2 is 2.16 bits per heavy atom. The summed E-state index contributed by atoms with van der Waals surface area (Å²) in [4.78, 5) is 12.3. The lowest BCUT2D eigenvalue weighted by Crippen LogP contribution is -2.60. The van der Waals surface area contributed by atoms with Crippen LogP contribution in [0.3, 0.4) is 0 Å². The molecule has 0 saturated heterocycles. The van der Waals surface area contributed by atoms with Gasteiger partial charge >= 0.3 is 0 Å². The molecule has 1 saturated carbocycles. The SMILES string of the molecule is O=C1Nc2ccccc2CCC1NC1(CO)CCC1. The molecule has 0 aromatic heterocycles. The largest absolute Gasteiger partial charge is 0.394 e. The first-order valence-electron chi connectivity index (χ1n) is 7.00. The Kier molecular flexibility index (Phi) is 3.29. The molecular weight excluding hydrogens is 240 g/mol. The highest BCUT2D eigenvalue weighted by molar-refractivity contribution is 5.96. The second-order valence-electron chi connectivity index (χ2n) is 5.67. The lowest BCUT2D eigenvalue weighted by atomic mass is 9.76. The molecule has 0 radical (unpaired) electrons. The van der Waals surface area contributed by atoms with Crippen LogP contribution in [0.1, 0.15) is 31.2 Å². The van der Waals surface area contributed by atoms with Crippen molar-refractivity contribution in [3.63, 3.8) is 0 Å². The van der Waals surface area contributed by atoms with Gasteiger partial charge in [-0.3, -0.25) is 10.1 Å². The van der Waals surface area contributed by atoms with Crippen molar-refractivity contribution in [3.8, 4) is 0 Å². The topological polar surface area (TPSA) is 61.4 Å². The van der Waals surface area contributed by atoms with Crippen LogP contribution in [0.4, 0.5) is 5.69 Å². The van der Waals surface area contributed by atoms with Gasteiger partial charge < -0.3 is 10.4 Å². The number of aliphatic hydroxyl groups excluding tert-OH is 1. The number of para-hydroxylation sites is 1. The first kappa shape index (κ1) is 12.6. The molecule has 19 heavy (non-hydrogen) atoms. The van der Waals surface area contributed by atoms with Crippen molar-refractivity contribution >= 4 is 11.6 Å². The standard InChI is InChI=1S/C15H20N2O2/c18-10-15(8-3-9-15)17-13-7-6-11-4-1-2-5-12(11)16-14(13)19/h1-2,4-5,13,17-18H,3,6-10H2,(H,16,19). The van der Waals surface area contributed by atoms with Gasteiger partial charge in [-0.2, -0.15) is 0 Å². The number of aliphatic hydroxyl groups is 1. The third kappa shape index (κ3) is 2.38.